The van der Waals surface area contributed by atoms with E-state index >= 15 is 0 Å². The van der Waals surface area contributed by atoms with Gasteiger partial charge in [0.1, 0.15) is 11.5 Å². The molecule has 21 heavy (non-hydrogen) atoms. The average molecular weight is 286 g/mol. The Hall–Kier alpha value is -2.23. The van der Waals surface area contributed by atoms with Crippen molar-refractivity contribution in [3.63, 3.8) is 0 Å². The summed E-state index contributed by atoms with van der Waals surface area (Å²) in [5.74, 6) is -0.498. The number of carbonyl (C=O) groups is 1. The first kappa shape index (κ1) is 15.2. The van der Waals surface area contributed by atoms with E-state index in [9.17, 15) is 9.18 Å². The van der Waals surface area contributed by atoms with Crippen molar-refractivity contribution in [1.82, 2.24) is 4.98 Å². The molecule has 1 aromatic carbocycles. The minimum absolute atomic E-state index is 0.0689. The van der Waals surface area contributed by atoms with Gasteiger partial charge in [-0.1, -0.05) is 17.7 Å². The molecule has 0 spiro atoms. The fourth-order valence-corrected chi connectivity index (χ4v) is 2.13. The van der Waals surface area contributed by atoms with Crippen molar-refractivity contribution in [1.29, 1.82) is 0 Å². The fourth-order valence-electron chi connectivity index (χ4n) is 2.13. The Morgan fingerprint density at radius 1 is 1.19 bits per heavy atom. The molecule has 0 N–H and O–H groups in total. The Morgan fingerprint density at radius 2 is 1.90 bits per heavy atom. The van der Waals surface area contributed by atoms with E-state index in [-0.39, 0.29) is 5.78 Å². The molecule has 0 fully saturated rings. The Morgan fingerprint density at radius 3 is 2.48 bits per heavy atom. The van der Waals surface area contributed by atoms with Crippen LogP contribution in [0, 0.1) is 12.7 Å². The van der Waals surface area contributed by atoms with Crippen LogP contribution in [-0.4, -0.2) is 23.9 Å². The number of hydrogen-bond donors (Lipinski definition) is 0. The van der Waals surface area contributed by atoms with Crippen LogP contribution in [0.1, 0.15) is 29.4 Å². The number of nitrogens with zero attached hydrogens (tertiary/aromatic N) is 2. The van der Waals surface area contributed by atoms with E-state index in [4.69, 9.17) is 0 Å². The van der Waals surface area contributed by atoms with Gasteiger partial charge in [0.05, 0.1) is 6.20 Å². The van der Waals surface area contributed by atoms with Crippen LogP contribution in [0.2, 0.25) is 0 Å². The number of aryl methyl sites for hydroxylation is 1. The number of pyridine rings is 1. The summed E-state index contributed by atoms with van der Waals surface area (Å²) in [6.07, 6.45) is 1.44. The quantitative estimate of drug-likeness (QED) is 0.760. The summed E-state index contributed by atoms with van der Waals surface area (Å²) in [6.45, 7) is 5.55. The largest absolute Gasteiger partial charge is 0.371 e. The Balaban J connectivity index is 1.98. The van der Waals surface area contributed by atoms with Gasteiger partial charge in [0.2, 0.25) is 0 Å². The van der Waals surface area contributed by atoms with Crippen molar-refractivity contribution < 1.29 is 9.18 Å². The van der Waals surface area contributed by atoms with Crippen LogP contribution in [0.15, 0.2) is 42.6 Å². The SMILES string of the molecule is CCN(CCC(=O)c1ccc(F)cn1)c1ccc(C)cc1. The van der Waals surface area contributed by atoms with Crippen LogP contribution in [0.4, 0.5) is 10.1 Å². The molecular weight excluding hydrogens is 267 g/mol. The zero-order chi connectivity index (χ0) is 15.2. The second-order valence-corrected chi connectivity index (χ2v) is 4.95. The third kappa shape index (κ3) is 4.12. The van der Waals surface area contributed by atoms with Crippen LogP contribution < -0.4 is 4.90 Å². The molecule has 0 bridgehead atoms. The number of benzene rings is 1. The van der Waals surface area contributed by atoms with Gasteiger partial charge in [-0.25, -0.2) is 4.39 Å². The zero-order valence-electron chi connectivity index (χ0n) is 12.3. The number of carbonyl (C=O) groups excluding carboxylic acids is 1. The third-order valence-corrected chi connectivity index (χ3v) is 3.40. The fraction of sp³-hybridized carbons (Fsp3) is 0.294. The molecule has 0 saturated heterocycles. The minimum atomic E-state index is -0.429. The molecule has 0 unspecified atom stereocenters. The maximum absolute atomic E-state index is 12.8. The molecule has 2 aromatic rings. The summed E-state index contributed by atoms with van der Waals surface area (Å²) in [4.78, 5) is 18.0. The van der Waals surface area contributed by atoms with Gasteiger partial charge >= 0.3 is 0 Å². The highest BCUT2D eigenvalue weighted by Crippen LogP contribution is 2.15. The highest BCUT2D eigenvalue weighted by atomic mass is 19.1. The third-order valence-electron chi connectivity index (χ3n) is 3.40. The van der Waals surface area contributed by atoms with E-state index < -0.39 is 5.82 Å². The van der Waals surface area contributed by atoms with Crippen molar-refractivity contribution in [3.05, 3.63) is 59.7 Å². The zero-order valence-corrected chi connectivity index (χ0v) is 12.3. The summed E-state index contributed by atoms with van der Waals surface area (Å²) in [5, 5.41) is 0. The number of anilines is 1. The standard InChI is InChI=1S/C17H19FN2O/c1-3-20(15-7-4-13(2)5-8-15)11-10-17(21)16-9-6-14(18)12-19-16/h4-9,12H,3,10-11H2,1-2H3. The Labute approximate surface area is 124 Å². The van der Waals surface area contributed by atoms with Crippen molar-refractivity contribution in [2.75, 3.05) is 18.0 Å². The van der Waals surface area contributed by atoms with Crippen molar-refractivity contribution >= 4 is 11.5 Å². The van der Waals surface area contributed by atoms with Crippen LogP contribution in [0.3, 0.4) is 0 Å². The summed E-state index contributed by atoms with van der Waals surface area (Å²) >= 11 is 0. The molecule has 0 aliphatic carbocycles. The number of Topliss-reactive ketones (excluding diaryl/α,β-unsaturated/α-hetero) is 1. The van der Waals surface area contributed by atoms with E-state index in [0.29, 0.717) is 18.7 Å². The van der Waals surface area contributed by atoms with Gasteiger partial charge in [-0.3, -0.25) is 9.78 Å². The summed E-state index contributed by atoms with van der Waals surface area (Å²) in [7, 11) is 0. The molecule has 0 atom stereocenters. The predicted octanol–water partition coefficient (Wildman–Crippen LogP) is 3.63. The molecule has 2 rings (SSSR count). The smallest absolute Gasteiger partial charge is 0.182 e. The molecule has 0 aliphatic heterocycles. The lowest BCUT2D eigenvalue weighted by molar-refractivity contribution is 0.0980. The summed E-state index contributed by atoms with van der Waals surface area (Å²) in [6, 6.07) is 10.9. The van der Waals surface area contributed by atoms with E-state index in [1.807, 2.05) is 6.92 Å². The molecule has 110 valence electrons. The van der Waals surface area contributed by atoms with E-state index in [1.165, 1.54) is 17.7 Å². The molecule has 0 radical (unpaired) electrons. The molecule has 3 nitrogen and oxygen atoms in total. The molecule has 0 saturated carbocycles. The Bertz CT molecular complexity index is 593. The van der Waals surface area contributed by atoms with Crippen LogP contribution >= 0.6 is 0 Å². The molecule has 0 aliphatic rings. The molecule has 1 heterocycles. The van der Waals surface area contributed by atoms with Crippen molar-refractivity contribution in [2.45, 2.75) is 20.3 Å². The van der Waals surface area contributed by atoms with E-state index in [1.54, 1.807) is 0 Å². The normalized spacial score (nSPS) is 10.4. The Kier molecular flexibility index (Phi) is 5.04. The van der Waals surface area contributed by atoms with Gasteiger partial charge in [0.15, 0.2) is 5.78 Å². The van der Waals surface area contributed by atoms with Gasteiger partial charge in [0, 0.05) is 25.2 Å². The maximum atomic E-state index is 12.8. The second-order valence-electron chi connectivity index (χ2n) is 4.95. The second kappa shape index (κ2) is 6.97. The van der Waals surface area contributed by atoms with Crippen LogP contribution in [-0.2, 0) is 0 Å². The summed E-state index contributed by atoms with van der Waals surface area (Å²) in [5.41, 5.74) is 2.63. The number of ketones is 1. The van der Waals surface area contributed by atoms with Gasteiger partial charge in [-0.15, -0.1) is 0 Å². The first-order valence-corrected chi connectivity index (χ1v) is 7.06. The van der Waals surface area contributed by atoms with Crippen molar-refractivity contribution in [3.8, 4) is 0 Å². The van der Waals surface area contributed by atoms with Crippen molar-refractivity contribution in [2.24, 2.45) is 0 Å². The molecule has 4 heteroatoms. The predicted molar refractivity (Wildman–Crippen MR) is 82.2 cm³/mol. The van der Waals surface area contributed by atoms with Gasteiger partial charge in [-0.05, 0) is 38.1 Å². The van der Waals surface area contributed by atoms with E-state index in [2.05, 4.69) is 41.1 Å². The topological polar surface area (TPSA) is 33.2 Å². The number of rotatable bonds is 6. The van der Waals surface area contributed by atoms with Crippen LogP contribution in [0.25, 0.3) is 0 Å². The highest BCUT2D eigenvalue weighted by molar-refractivity contribution is 5.94. The maximum Gasteiger partial charge on any atom is 0.182 e. The summed E-state index contributed by atoms with van der Waals surface area (Å²) < 4.78 is 12.8. The first-order chi connectivity index (χ1) is 10.1. The van der Waals surface area contributed by atoms with Crippen LogP contribution in [0.5, 0.6) is 0 Å². The number of aromatic nitrogens is 1. The monoisotopic (exact) mass is 286 g/mol. The lowest BCUT2D eigenvalue weighted by atomic mass is 10.1. The molecular formula is C17H19FN2O. The number of hydrogen-bond acceptors (Lipinski definition) is 3. The van der Waals surface area contributed by atoms with E-state index in [0.717, 1.165) is 18.4 Å². The minimum Gasteiger partial charge on any atom is -0.371 e. The average Bonchev–Trinajstić information content (AvgIpc) is 2.50. The highest BCUT2D eigenvalue weighted by Gasteiger charge is 2.11. The van der Waals surface area contributed by atoms with Gasteiger partial charge in [0.25, 0.3) is 0 Å². The molecule has 1 aromatic heterocycles. The first-order valence-electron chi connectivity index (χ1n) is 7.06. The molecule has 0 amide bonds. The van der Waals surface area contributed by atoms with Gasteiger partial charge in [-0.2, -0.15) is 0 Å². The van der Waals surface area contributed by atoms with Gasteiger partial charge < -0.3 is 4.90 Å². The lowest BCUT2D eigenvalue weighted by Crippen LogP contribution is -2.26. The lowest BCUT2D eigenvalue weighted by Gasteiger charge is -2.22. The number of halogens is 1.